The maximum Gasteiger partial charge on any atom is 0.253 e. The second-order valence-corrected chi connectivity index (χ2v) is 2.26. The van der Waals surface area contributed by atoms with Crippen molar-refractivity contribution in [3.8, 4) is 0 Å². The molecule has 0 aromatic carbocycles. The summed E-state index contributed by atoms with van der Waals surface area (Å²) in [6.07, 6.45) is 0.569. The van der Waals surface area contributed by atoms with Gasteiger partial charge in [0.05, 0.1) is 7.11 Å². The molecule has 0 unspecified atom stereocenters. The van der Waals surface area contributed by atoms with E-state index in [-0.39, 0.29) is 24.7 Å². The first-order valence-corrected chi connectivity index (χ1v) is 4.23. The van der Waals surface area contributed by atoms with Gasteiger partial charge in [0.25, 0.3) is 11.8 Å². The summed E-state index contributed by atoms with van der Waals surface area (Å²) in [5.74, 6) is -0.495. The topological polar surface area (TPSA) is 84.7 Å². The lowest BCUT2D eigenvalue weighted by molar-refractivity contribution is -0.179. The van der Waals surface area contributed by atoms with E-state index in [2.05, 4.69) is 15.9 Å². The molecular weight excluding hydrogens is 186 g/mol. The standard InChI is InChI=1S/C5H7NO3.C2H7N.CH5N/c1-9-6-4(7)2-3-5(6)8;1-3-2;1-2/h2-3H2,1H3;3H,1-2H3;2H2,1H3. The highest BCUT2D eigenvalue weighted by Gasteiger charge is 2.28. The minimum absolute atomic E-state index is 0.248. The predicted molar refractivity (Wildman–Crippen MR) is 53.2 cm³/mol. The van der Waals surface area contributed by atoms with Gasteiger partial charge in [0.1, 0.15) is 0 Å². The Morgan fingerprint density at radius 3 is 1.64 bits per heavy atom. The number of hydrogen-bond donors (Lipinski definition) is 2. The smallest absolute Gasteiger partial charge is 0.253 e. The Bertz CT molecular complexity index is 157. The number of hydrogen-bond acceptors (Lipinski definition) is 5. The first-order chi connectivity index (χ1) is 6.67. The minimum Gasteiger partial charge on any atom is -0.333 e. The van der Waals surface area contributed by atoms with Crippen molar-refractivity contribution in [3.63, 3.8) is 0 Å². The van der Waals surface area contributed by atoms with Crippen LogP contribution in [0.3, 0.4) is 0 Å². The SMILES string of the molecule is CN.CNC.CON1C(=O)CCC1=O. The van der Waals surface area contributed by atoms with E-state index >= 15 is 0 Å². The summed E-state index contributed by atoms with van der Waals surface area (Å²) in [7, 11) is 6.56. The van der Waals surface area contributed by atoms with Gasteiger partial charge in [-0.05, 0) is 21.1 Å². The summed E-state index contributed by atoms with van der Waals surface area (Å²) in [5.41, 5.74) is 4.50. The molecule has 1 fully saturated rings. The molecule has 0 aliphatic carbocycles. The average molecular weight is 205 g/mol. The highest BCUT2D eigenvalue weighted by molar-refractivity contribution is 6.00. The van der Waals surface area contributed by atoms with E-state index in [4.69, 9.17) is 0 Å². The van der Waals surface area contributed by atoms with Crippen molar-refractivity contribution in [1.82, 2.24) is 10.4 Å². The average Bonchev–Trinajstić information content (AvgIpc) is 2.50. The van der Waals surface area contributed by atoms with Crippen LogP contribution in [0.4, 0.5) is 0 Å². The summed E-state index contributed by atoms with van der Waals surface area (Å²) in [4.78, 5) is 25.7. The Labute approximate surface area is 84.3 Å². The molecule has 0 bridgehead atoms. The van der Waals surface area contributed by atoms with Crippen LogP contribution in [0.2, 0.25) is 0 Å². The Balaban J connectivity index is 0. The molecule has 6 heteroatoms. The number of nitrogens with zero attached hydrogens (tertiary/aromatic N) is 1. The van der Waals surface area contributed by atoms with Gasteiger partial charge in [0, 0.05) is 12.8 Å². The molecular formula is C8H19N3O3. The molecule has 2 amide bonds. The van der Waals surface area contributed by atoms with Crippen LogP contribution in [-0.2, 0) is 14.4 Å². The molecule has 3 N–H and O–H groups in total. The van der Waals surface area contributed by atoms with Crippen molar-refractivity contribution in [3.05, 3.63) is 0 Å². The van der Waals surface area contributed by atoms with Crippen molar-refractivity contribution >= 4 is 11.8 Å². The van der Waals surface area contributed by atoms with Gasteiger partial charge in [-0.15, -0.1) is 0 Å². The van der Waals surface area contributed by atoms with Crippen molar-refractivity contribution < 1.29 is 14.4 Å². The van der Waals surface area contributed by atoms with Crippen molar-refractivity contribution in [2.75, 3.05) is 28.3 Å². The van der Waals surface area contributed by atoms with Gasteiger partial charge in [-0.1, -0.05) is 0 Å². The summed E-state index contributed by atoms with van der Waals surface area (Å²) in [6, 6.07) is 0. The largest absolute Gasteiger partial charge is 0.333 e. The zero-order valence-electron chi connectivity index (χ0n) is 9.16. The van der Waals surface area contributed by atoms with Gasteiger partial charge in [0.15, 0.2) is 0 Å². The maximum absolute atomic E-state index is 10.6. The van der Waals surface area contributed by atoms with Gasteiger partial charge in [-0.25, -0.2) is 0 Å². The third-order valence-corrected chi connectivity index (χ3v) is 1.19. The molecule has 0 radical (unpaired) electrons. The molecule has 0 saturated carbocycles. The van der Waals surface area contributed by atoms with Crippen LogP contribution in [0.1, 0.15) is 12.8 Å². The van der Waals surface area contributed by atoms with Gasteiger partial charge in [-0.3, -0.25) is 14.4 Å². The maximum atomic E-state index is 10.6. The summed E-state index contributed by atoms with van der Waals surface area (Å²) < 4.78 is 0. The van der Waals surface area contributed by atoms with E-state index < -0.39 is 0 Å². The molecule has 14 heavy (non-hydrogen) atoms. The molecule has 0 atom stereocenters. The third-order valence-electron chi connectivity index (χ3n) is 1.19. The molecule has 1 heterocycles. The highest BCUT2D eigenvalue weighted by atomic mass is 16.7. The quantitative estimate of drug-likeness (QED) is 0.542. The molecule has 0 aromatic heterocycles. The normalized spacial score (nSPS) is 14.2. The number of imide groups is 1. The van der Waals surface area contributed by atoms with Gasteiger partial charge in [-0.2, -0.15) is 5.06 Å². The zero-order chi connectivity index (χ0) is 11.6. The Morgan fingerprint density at radius 1 is 1.21 bits per heavy atom. The van der Waals surface area contributed by atoms with Crippen LogP contribution in [0.25, 0.3) is 0 Å². The van der Waals surface area contributed by atoms with Crippen LogP contribution in [0.5, 0.6) is 0 Å². The van der Waals surface area contributed by atoms with E-state index in [1.54, 1.807) is 0 Å². The molecule has 1 aliphatic heterocycles. The highest BCUT2D eigenvalue weighted by Crippen LogP contribution is 2.10. The van der Waals surface area contributed by atoms with Crippen molar-refractivity contribution in [2.45, 2.75) is 12.8 Å². The predicted octanol–water partition coefficient (Wildman–Crippen LogP) is -0.893. The molecule has 0 aromatic rings. The Hall–Kier alpha value is -0.980. The molecule has 1 aliphatic rings. The van der Waals surface area contributed by atoms with Crippen molar-refractivity contribution in [1.29, 1.82) is 0 Å². The van der Waals surface area contributed by atoms with Gasteiger partial charge in [0.2, 0.25) is 0 Å². The third kappa shape index (κ3) is 5.63. The molecule has 1 saturated heterocycles. The Kier molecular flexibility index (Phi) is 11.2. The first kappa shape index (κ1) is 15.5. The lowest BCUT2D eigenvalue weighted by atomic mass is 10.4. The van der Waals surface area contributed by atoms with Gasteiger partial charge >= 0.3 is 0 Å². The summed E-state index contributed by atoms with van der Waals surface area (Å²) >= 11 is 0. The number of carbonyl (C=O) groups excluding carboxylic acids is 2. The Morgan fingerprint density at radius 2 is 1.50 bits per heavy atom. The fraction of sp³-hybridized carbons (Fsp3) is 0.750. The number of hydroxylamine groups is 2. The zero-order valence-corrected chi connectivity index (χ0v) is 9.16. The number of amides is 2. The summed E-state index contributed by atoms with van der Waals surface area (Å²) in [5, 5.41) is 3.54. The molecule has 6 nitrogen and oxygen atoms in total. The van der Waals surface area contributed by atoms with Crippen LogP contribution < -0.4 is 11.1 Å². The number of rotatable bonds is 1. The lowest BCUT2D eigenvalue weighted by Crippen LogP contribution is -2.27. The number of nitrogens with one attached hydrogen (secondary N) is 1. The van der Waals surface area contributed by atoms with E-state index in [1.807, 2.05) is 14.1 Å². The summed E-state index contributed by atoms with van der Waals surface area (Å²) in [6.45, 7) is 0. The van der Waals surface area contributed by atoms with Crippen molar-refractivity contribution in [2.24, 2.45) is 5.73 Å². The van der Waals surface area contributed by atoms with Crippen LogP contribution in [0, 0.1) is 0 Å². The second kappa shape index (κ2) is 10.1. The minimum atomic E-state index is -0.248. The molecule has 0 spiro atoms. The van der Waals surface area contributed by atoms with E-state index in [9.17, 15) is 9.59 Å². The number of carbonyl (C=O) groups is 2. The van der Waals surface area contributed by atoms with E-state index in [1.165, 1.54) is 14.2 Å². The second-order valence-electron chi connectivity index (χ2n) is 2.26. The van der Waals surface area contributed by atoms with E-state index in [0.29, 0.717) is 0 Å². The van der Waals surface area contributed by atoms with Crippen LogP contribution in [-0.4, -0.2) is 45.1 Å². The lowest BCUT2D eigenvalue weighted by Gasteiger charge is -2.07. The first-order valence-electron chi connectivity index (χ1n) is 4.23. The van der Waals surface area contributed by atoms with E-state index in [0.717, 1.165) is 5.06 Å². The molecule has 1 rings (SSSR count). The monoisotopic (exact) mass is 205 g/mol. The number of nitrogens with two attached hydrogens (primary N) is 1. The van der Waals surface area contributed by atoms with Crippen LogP contribution in [0.15, 0.2) is 0 Å². The van der Waals surface area contributed by atoms with Crippen LogP contribution >= 0.6 is 0 Å². The fourth-order valence-corrected chi connectivity index (χ4v) is 0.760. The molecule has 84 valence electrons. The fourth-order valence-electron chi connectivity index (χ4n) is 0.760. The van der Waals surface area contributed by atoms with Gasteiger partial charge < -0.3 is 11.1 Å².